The number of nitrogens with zero attached hydrogens (tertiary/aromatic N) is 2. The van der Waals surface area contributed by atoms with Gasteiger partial charge in [-0.1, -0.05) is 74.5 Å². The largest absolute Gasteiger partial charge is 0.343 e. The summed E-state index contributed by atoms with van der Waals surface area (Å²) in [6.45, 7) is 3.25. The zero-order valence-corrected chi connectivity index (χ0v) is 32.0. The molecule has 1 aliphatic carbocycles. The lowest BCUT2D eigenvalue weighted by molar-refractivity contribution is -0.219. The van der Waals surface area contributed by atoms with Crippen LogP contribution in [-0.2, 0) is 32.0 Å². The highest BCUT2D eigenvalue weighted by atomic mass is 19.3. The number of alkyl halides is 2. The maximum absolute atomic E-state index is 15.5. The molecule has 300 valence electrons. The number of halogens is 2. The van der Waals surface area contributed by atoms with Gasteiger partial charge in [-0.05, 0) is 68.0 Å². The molecular formula is C40H56F2N8O5. The van der Waals surface area contributed by atoms with E-state index in [4.69, 9.17) is 11.5 Å². The third-order valence-electron chi connectivity index (χ3n) is 11.5. The average molecular weight is 767 g/mol. The fourth-order valence-corrected chi connectivity index (χ4v) is 8.00. The third kappa shape index (κ3) is 9.43. The Kier molecular flexibility index (Phi) is 13.2. The van der Waals surface area contributed by atoms with E-state index in [1.165, 1.54) is 11.9 Å². The van der Waals surface area contributed by atoms with Crippen molar-refractivity contribution < 1.29 is 32.8 Å². The van der Waals surface area contributed by atoms with Crippen LogP contribution < -0.4 is 32.7 Å². The molecule has 0 aromatic heterocycles. The number of benzene rings is 2. The normalized spacial score (nSPS) is 22.5. The maximum atomic E-state index is 15.5. The predicted octanol–water partition coefficient (Wildman–Crippen LogP) is 1.94. The van der Waals surface area contributed by atoms with Crippen molar-refractivity contribution in [2.75, 3.05) is 39.8 Å². The lowest BCUT2D eigenvalue weighted by Gasteiger charge is -2.57. The molecule has 1 saturated carbocycles. The fraction of sp³-hybridized carbons (Fsp3) is 0.575. The van der Waals surface area contributed by atoms with Gasteiger partial charge in [0.05, 0.1) is 18.0 Å². The van der Waals surface area contributed by atoms with Crippen molar-refractivity contribution in [1.82, 2.24) is 31.1 Å². The van der Waals surface area contributed by atoms with Gasteiger partial charge in [-0.2, -0.15) is 0 Å². The van der Waals surface area contributed by atoms with Gasteiger partial charge in [-0.25, -0.2) is 13.6 Å². The van der Waals surface area contributed by atoms with Crippen LogP contribution in [0.4, 0.5) is 13.6 Å². The Balaban J connectivity index is 1.30. The number of urea groups is 1. The number of hydrogen-bond acceptors (Lipinski definition) is 7. The van der Waals surface area contributed by atoms with Crippen molar-refractivity contribution in [3.63, 3.8) is 0 Å². The molecule has 15 heteroatoms. The number of rotatable bonds is 16. The lowest BCUT2D eigenvalue weighted by atomic mass is 9.69. The van der Waals surface area contributed by atoms with Crippen LogP contribution in [0.3, 0.4) is 0 Å². The van der Waals surface area contributed by atoms with E-state index in [0.29, 0.717) is 25.8 Å². The molecule has 5 atom stereocenters. The molecule has 0 radical (unpaired) electrons. The number of nitrogens with two attached hydrogens (primary N) is 2. The van der Waals surface area contributed by atoms with Crippen LogP contribution >= 0.6 is 0 Å². The van der Waals surface area contributed by atoms with E-state index in [-0.39, 0.29) is 57.2 Å². The number of carbonyl (C=O) groups excluding carboxylic acids is 5. The quantitative estimate of drug-likeness (QED) is 0.141. The smallest absolute Gasteiger partial charge is 0.317 e. The first-order chi connectivity index (χ1) is 26.1. The Morgan fingerprint density at radius 1 is 0.836 bits per heavy atom. The van der Waals surface area contributed by atoms with Crippen molar-refractivity contribution in [3.05, 3.63) is 71.8 Å². The first kappa shape index (κ1) is 41.5. The molecule has 2 aliphatic heterocycles. The van der Waals surface area contributed by atoms with Crippen LogP contribution in [0.15, 0.2) is 60.7 Å². The number of likely N-dealkylation sites (tertiary alicyclic amines) is 2. The molecule has 13 nitrogen and oxygen atoms in total. The minimum absolute atomic E-state index is 0.0166. The Hall–Kier alpha value is -4.63. The van der Waals surface area contributed by atoms with Gasteiger partial charge in [0.2, 0.25) is 23.6 Å². The van der Waals surface area contributed by atoms with Crippen LogP contribution in [0.1, 0.15) is 57.1 Å². The Morgan fingerprint density at radius 3 is 2.00 bits per heavy atom. The van der Waals surface area contributed by atoms with Gasteiger partial charge < -0.3 is 42.5 Å². The second-order valence-corrected chi connectivity index (χ2v) is 15.8. The summed E-state index contributed by atoms with van der Waals surface area (Å²) in [6, 6.07) is 14.9. The molecule has 3 fully saturated rings. The lowest BCUT2D eigenvalue weighted by Crippen LogP contribution is -2.73. The van der Waals surface area contributed by atoms with E-state index in [9.17, 15) is 24.0 Å². The summed E-state index contributed by atoms with van der Waals surface area (Å²) >= 11 is 0. The first-order valence-corrected chi connectivity index (χ1v) is 19.3. The fourth-order valence-electron chi connectivity index (χ4n) is 8.00. The van der Waals surface area contributed by atoms with E-state index < -0.39 is 71.2 Å². The third-order valence-corrected chi connectivity index (χ3v) is 11.5. The summed E-state index contributed by atoms with van der Waals surface area (Å²) in [4.78, 5) is 70.3. The second kappa shape index (κ2) is 17.4. The molecule has 2 saturated heterocycles. The van der Waals surface area contributed by atoms with Gasteiger partial charge in [0.15, 0.2) is 0 Å². The average Bonchev–Trinajstić information content (AvgIpc) is 3.88. The van der Waals surface area contributed by atoms with E-state index in [0.717, 1.165) is 16.0 Å². The van der Waals surface area contributed by atoms with Gasteiger partial charge in [0, 0.05) is 33.1 Å². The van der Waals surface area contributed by atoms with E-state index in [1.54, 1.807) is 0 Å². The molecular weight excluding hydrogens is 710 g/mol. The zero-order valence-electron chi connectivity index (χ0n) is 32.0. The van der Waals surface area contributed by atoms with Crippen LogP contribution in [0.2, 0.25) is 0 Å². The predicted molar refractivity (Wildman–Crippen MR) is 203 cm³/mol. The van der Waals surface area contributed by atoms with Crippen molar-refractivity contribution in [2.24, 2.45) is 28.7 Å². The number of nitrogens with one attached hydrogen (secondary N) is 4. The van der Waals surface area contributed by atoms with Crippen LogP contribution in [0.5, 0.6) is 0 Å². The number of amides is 6. The summed E-state index contributed by atoms with van der Waals surface area (Å²) in [5.74, 6) is -5.60. The number of unbranched alkanes of at least 4 members (excludes halogenated alkanes) is 1. The van der Waals surface area contributed by atoms with Gasteiger partial charge in [0.25, 0.3) is 5.92 Å². The summed E-state index contributed by atoms with van der Waals surface area (Å²) in [7, 11) is 1.39. The molecule has 2 aromatic carbocycles. The van der Waals surface area contributed by atoms with Crippen molar-refractivity contribution >= 4 is 29.7 Å². The maximum Gasteiger partial charge on any atom is 0.317 e. The highest BCUT2D eigenvalue weighted by Gasteiger charge is 2.65. The van der Waals surface area contributed by atoms with Crippen molar-refractivity contribution in [3.8, 4) is 0 Å². The number of carbonyl (C=O) groups is 5. The molecule has 1 spiro atoms. The van der Waals surface area contributed by atoms with Gasteiger partial charge in [-0.15, -0.1) is 0 Å². The van der Waals surface area contributed by atoms with E-state index in [1.807, 2.05) is 74.5 Å². The van der Waals surface area contributed by atoms with Gasteiger partial charge in [0.1, 0.15) is 17.6 Å². The van der Waals surface area contributed by atoms with Crippen molar-refractivity contribution in [1.29, 1.82) is 0 Å². The summed E-state index contributed by atoms with van der Waals surface area (Å²) < 4.78 is 30.9. The number of piperidine rings is 1. The standard InChI is InChI=1S/C40H56F2N8O5/c1-26(2)29-22-39(29,48-34(52)32(21-28-14-8-5-9-15-28)46-33(51)30(44)20-27-12-6-4-7-13-27)36(54)47-31(16-10-11-18-43)35(53)50-23-38(24-50)17-19-49(37(55)45-3)25-40(38,41)42/h4-9,12-15,26,29-32H,10-11,16-25,43-44H2,1-3H3,(H,45,55)(H,46,51)(H,47,54)(H,48,52)/t29?,30-,31-,32-,39?/m1/s1. The molecule has 2 unspecified atom stereocenters. The highest BCUT2D eigenvalue weighted by Crippen LogP contribution is 2.51. The molecule has 2 aromatic rings. The van der Waals surface area contributed by atoms with Gasteiger partial charge >= 0.3 is 6.03 Å². The molecule has 5 rings (SSSR count). The van der Waals surface area contributed by atoms with Gasteiger partial charge in [-0.3, -0.25) is 19.2 Å². The van der Waals surface area contributed by atoms with Crippen LogP contribution in [0, 0.1) is 17.3 Å². The molecule has 55 heavy (non-hydrogen) atoms. The SMILES string of the molecule is CNC(=O)N1CCC2(CN(C(=O)[C@@H](CCCCN)NC(=O)C3(NC(=O)[C@@H](Cc4ccccc4)NC(=O)[C@H](N)Cc4ccccc4)CC3C(C)C)C2)C(F)(F)C1. The molecule has 2 heterocycles. The minimum atomic E-state index is -3.21. The van der Waals surface area contributed by atoms with Crippen molar-refractivity contribution in [2.45, 2.75) is 88.4 Å². The Bertz CT molecular complexity index is 1680. The second-order valence-electron chi connectivity index (χ2n) is 15.8. The Labute approximate surface area is 321 Å². The minimum Gasteiger partial charge on any atom is -0.343 e. The Morgan fingerprint density at radius 2 is 1.45 bits per heavy atom. The molecule has 8 N–H and O–H groups in total. The monoisotopic (exact) mass is 766 g/mol. The van der Waals surface area contributed by atoms with E-state index >= 15 is 8.78 Å². The van der Waals surface area contributed by atoms with Crippen LogP contribution in [-0.4, -0.2) is 109 Å². The summed E-state index contributed by atoms with van der Waals surface area (Å²) in [6.07, 6.45) is 2.07. The highest BCUT2D eigenvalue weighted by molar-refractivity contribution is 5.99. The summed E-state index contributed by atoms with van der Waals surface area (Å²) in [5, 5.41) is 11.1. The molecule has 6 amide bonds. The summed E-state index contributed by atoms with van der Waals surface area (Å²) in [5.41, 5.74) is 10.9. The first-order valence-electron chi connectivity index (χ1n) is 19.3. The van der Waals surface area contributed by atoms with E-state index in [2.05, 4.69) is 21.3 Å². The zero-order chi connectivity index (χ0) is 40.0. The molecule has 0 bridgehead atoms. The topological polar surface area (TPSA) is 192 Å². The molecule has 3 aliphatic rings. The van der Waals surface area contributed by atoms with Crippen LogP contribution in [0.25, 0.3) is 0 Å². The number of hydrogen-bond donors (Lipinski definition) is 6.